The fourth-order valence-electron chi connectivity index (χ4n) is 4.29. The van der Waals surface area contributed by atoms with Crippen LogP contribution in [0.2, 0.25) is 0 Å². The quantitative estimate of drug-likeness (QED) is 0.247. The highest BCUT2D eigenvalue weighted by molar-refractivity contribution is 5.71. The minimum absolute atomic E-state index is 0.0412. The van der Waals surface area contributed by atoms with Crippen molar-refractivity contribution in [3.63, 3.8) is 0 Å². The lowest BCUT2D eigenvalue weighted by Gasteiger charge is -2.11. The van der Waals surface area contributed by atoms with Crippen LogP contribution in [0.3, 0.4) is 0 Å². The summed E-state index contributed by atoms with van der Waals surface area (Å²) < 4.78 is 15.0. The van der Waals surface area contributed by atoms with E-state index in [9.17, 15) is 0 Å². The molecule has 0 aromatic heterocycles. The van der Waals surface area contributed by atoms with Gasteiger partial charge in [0.05, 0.1) is 0 Å². The molecule has 4 rings (SSSR count). The van der Waals surface area contributed by atoms with Crippen molar-refractivity contribution in [2.45, 2.75) is 45.6 Å². The Hall–Kier alpha value is -3.43. The van der Waals surface area contributed by atoms with Gasteiger partial charge in [-0.2, -0.15) is 0 Å². The Morgan fingerprint density at radius 1 is 0.714 bits per heavy atom. The van der Waals surface area contributed by atoms with Crippen molar-refractivity contribution < 1.29 is 4.39 Å². The second-order valence-electron chi connectivity index (χ2n) is 9.15. The Bertz CT molecular complexity index is 1210. The molecule has 2 nitrogen and oxygen atoms in total. The van der Waals surface area contributed by atoms with E-state index >= 15 is 4.39 Å². The molecule has 0 aliphatic carbocycles. The zero-order chi connectivity index (χ0) is 24.6. The van der Waals surface area contributed by atoms with E-state index < -0.39 is 0 Å². The second kappa shape index (κ2) is 11.8. The van der Waals surface area contributed by atoms with Crippen LogP contribution in [0.4, 0.5) is 10.1 Å². The molecular weight excluding hydrogens is 431 g/mol. The molecule has 0 bridgehead atoms. The van der Waals surface area contributed by atoms with Crippen LogP contribution in [0.15, 0.2) is 91.0 Å². The number of anilines is 1. The van der Waals surface area contributed by atoms with Gasteiger partial charge in [0.15, 0.2) is 0 Å². The van der Waals surface area contributed by atoms with Crippen LogP contribution in [-0.4, -0.2) is 6.54 Å². The molecule has 0 radical (unpaired) electrons. The van der Waals surface area contributed by atoms with Gasteiger partial charge in [0.2, 0.25) is 0 Å². The summed E-state index contributed by atoms with van der Waals surface area (Å²) >= 11 is 0. The normalized spacial score (nSPS) is 11.9. The Labute approximate surface area is 209 Å². The molecule has 4 aromatic rings. The van der Waals surface area contributed by atoms with Gasteiger partial charge in [-0.25, -0.2) is 4.39 Å². The molecule has 180 valence electrons. The van der Waals surface area contributed by atoms with E-state index in [1.807, 2.05) is 48.5 Å². The van der Waals surface area contributed by atoms with Crippen LogP contribution in [-0.2, 0) is 12.8 Å². The molecular formula is C32H35FN2. The van der Waals surface area contributed by atoms with E-state index in [2.05, 4.69) is 55.6 Å². The molecule has 0 spiro atoms. The molecule has 0 aliphatic heterocycles. The van der Waals surface area contributed by atoms with Crippen LogP contribution in [0.5, 0.6) is 0 Å². The predicted molar refractivity (Wildman–Crippen MR) is 147 cm³/mol. The lowest BCUT2D eigenvalue weighted by atomic mass is 9.96. The van der Waals surface area contributed by atoms with Crippen molar-refractivity contribution in [3.05, 3.63) is 114 Å². The predicted octanol–water partition coefficient (Wildman–Crippen LogP) is 8.18. The minimum Gasteiger partial charge on any atom is -0.385 e. The average Bonchev–Trinajstić information content (AvgIpc) is 2.91. The first-order chi connectivity index (χ1) is 17.1. The number of benzene rings is 4. The molecule has 0 fully saturated rings. The smallest absolute Gasteiger partial charge is 0.131 e. The highest BCUT2D eigenvalue weighted by Crippen LogP contribution is 2.29. The van der Waals surface area contributed by atoms with Gasteiger partial charge in [0.1, 0.15) is 5.82 Å². The van der Waals surface area contributed by atoms with Gasteiger partial charge in [-0.05, 0) is 77.3 Å². The molecule has 0 saturated heterocycles. The van der Waals surface area contributed by atoms with Crippen molar-refractivity contribution in [2.24, 2.45) is 5.73 Å². The number of aryl methyl sites for hydroxylation is 2. The SMILES string of the molecule is CCCNc1ccc(CCc2ccc(-c3ccc(-c4ccc(C(N)CC)cc4)cc3F)cc2)cc1. The van der Waals surface area contributed by atoms with Gasteiger partial charge in [0.25, 0.3) is 0 Å². The second-order valence-corrected chi connectivity index (χ2v) is 9.15. The van der Waals surface area contributed by atoms with Crippen LogP contribution >= 0.6 is 0 Å². The summed E-state index contributed by atoms with van der Waals surface area (Å²) in [7, 11) is 0. The van der Waals surface area contributed by atoms with Gasteiger partial charge >= 0.3 is 0 Å². The summed E-state index contributed by atoms with van der Waals surface area (Å²) in [5.41, 5.74) is 14.3. The van der Waals surface area contributed by atoms with Crippen molar-refractivity contribution >= 4 is 5.69 Å². The number of hydrogen-bond donors (Lipinski definition) is 2. The Morgan fingerprint density at radius 2 is 1.29 bits per heavy atom. The van der Waals surface area contributed by atoms with Gasteiger partial charge in [-0.15, -0.1) is 0 Å². The van der Waals surface area contributed by atoms with E-state index in [0.717, 1.165) is 54.5 Å². The third-order valence-corrected chi connectivity index (χ3v) is 6.58. The van der Waals surface area contributed by atoms with E-state index in [1.54, 1.807) is 6.07 Å². The molecule has 4 aromatic carbocycles. The van der Waals surface area contributed by atoms with Crippen LogP contribution in [0.25, 0.3) is 22.3 Å². The summed E-state index contributed by atoms with van der Waals surface area (Å²) in [6, 6.07) is 30.6. The zero-order valence-corrected chi connectivity index (χ0v) is 20.7. The van der Waals surface area contributed by atoms with Gasteiger partial charge in [0, 0.05) is 23.8 Å². The molecule has 0 aliphatic rings. The zero-order valence-electron chi connectivity index (χ0n) is 20.7. The Morgan fingerprint density at radius 3 is 1.86 bits per heavy atom. The minimum atomic E-state index is -0.207. The van der Waals surface area contributed by atoms with Gasteiger partial charge in [-0.3, -0.25) is 0 Å². The largest absolute Gasteiger partial charge is 0.385 e. The monoisotopic (exact) mass is 466 g/mol. The van der Waals surface area contributed by atoms with Crippen LogP contribution < -0.4 is 11.1 Å². The van der Waals surface area contributed by atoms with E-state index in [-0.39, 0.29) is 11.9 Å². The van der Waals surface area contributed by atoms with Crippen LogP contribution in [0, 0.1) is 5.82 Å². The van der Waals surface area contributed by atoms with Crippen molar-refractivity contribution in [3.8, 4) is 22.3 Å². The number of rotatable bonds is 10. The summed E-state index contributed by atoms with van der Waals surface area (Å²) in [6.07, 6.45) is 3.96. The fraction of sp³-hybridized carbons (Fsp3) is 0.250. The molecule has 1 atom stereocenters. The van der Waals surface area contributed by atoms with Crippen molar-refractivity contribution in [2.75, 3.05) is 11.9 Å². The highest BCUT2D eigenvalue weighted by Gasteiger charge is 2.09. The number of hydrogen-bond acceptors (Lipinski definition) is 2. The Balaban J connectivity index is 1.39. The maximum Gasteiger partial charge on any atom is 0.131 e. The molecule has 0 saturated carbocycles. The summed E-state index contributed by atoms with van der Waals surface area (Å²) in [5.74, 6) is -0.207. The van der Waals surface area contributed by atoms with Crippen molar-refractivity contribution in [1.82, 2.24) is 0 Å². The Kier molecular flexibility index (Phi) is 8.33. The number of halogens is 1. The lowest BCUT2D eigenvalue weighted by Crippen LogP contribution is -2.08. The lowest BCUT2D eigenvalue weighted by molar-refractivity contribution is 0.632. The molecule has 0 heterocycles. The summed E-state index contributed by atoms with van der Waals surface area (Å²) in [6.45, 7) is 5.24. The first kappa shape index (κ1) is 24.7. The molecule has 0 amide bonds. The van der Waals surface area contributed by atoms with Gasteiger partial charge < -0.3 is 11.1 Å². The van der Waals surface area contributed by atoms with Crippen molar-refractivity contribution in [1.29, 1.82) is 0 Å². The molecule has 3 N–H and O–H groups in total. The summed E-state index contributed by atoms with van der Waals surface area (Å²) in [5, 5.41) is 3.41. The molecule has 35 heavy (non-hydrogen) atoms. The van der Waals surface area contributed by atoms with Crippen LogP contribution in [0.1, 0.15) is 49.4 Å². The number of nitrogens with two attached hydrogens (primary N) is 1. The summed E-state index contributed by atoms with van der Waals surface area (Å²) in [4.78, 5) is 0. The molecule has 1 unspecified atom stereocenters. The third kappa shape index (κ3) is 6.37. The average molecular weight is 467 g/mol. The third-order valence-electron chi connectivity index (χ3n) is 6.58. The number of nitrogens with one attached hydrogen (secondary N) is 1. The van der Waals surface area contributed by atoms with E-state index in [1.165, 1.54) is 16.8 Å². The molecule has 3 heteroatoms. The maximum atomic E-state index is 15.0. The van der Waals surface area contributed by atoms with E-state index in [0.29, 0.717) is 5.56 Å². The van der Waals surface area contributed by atoms with E-state index in [4.69, 9.17) is 5.73 Å². The highest BCUT2D eigenvalue weighted by atomic mass is 19.1. The first-order valence-electron chi connectivity index (χ1n) is 12.6. The standard InChI is InChI=1S/C32H35FN2/c1-3-21-35-29-18-9-24(10-19-29)6-5-23-7-11-26(12-8-23)30-20-17-28(22-31(30)33)25-13-15-27(16-14-25)32(34)4-2/h7-20,22,32,35H,3-6,21,34H2,1-2H3. The topological polar surface area (TPSA) is 38.0 Å². The first-order valence-corrected chi connectivity index (χ1v) is 12.6. The van der Waals surface area contributed by atoms with Gasteiger partial charge in [-0.1, -0.05) is 86.6 Å². The maximum absolute atomic E-state index is 15.0. The fourth-order valence-corrected chi connectivity index (χ4v) is 4.29.